The Kier molecular flexibility index (Phi) is 3.64. The van der Waals surface area contributed by atoms with Crippen molar-refractivity contribution in [3.05, 3.63) is 59.2 Å². The topological polar surface area (TPSA) is 46.3 Å². The van der Waals surface area contributed by atoms with Gasteiger partial charge >= 0.3 is 0 Å². The van der Waals surface area contributed by atoms with Crippen molar-refractivity contribution in [2.75, 3.05) is 16.4 Å². The summed E-state index contributed by atoms with van der Waals surface area (Å²) in [6, 6.07) is 14.0. The lowest BCUT2D eigenvalue weighted by Crippen LogP contribution is -2.28. The normalized spacial score (nSPS) is 18.3. The molecule has 0 spiro atoms. The summed E-state index contributed by atoms with van der Waals surface area (Å²) in [7, 11) is 0. The standard InChI is InChI=1S/C17H18N2OS/c1-11-7-8-15(12(2)9-11)19-16(20)10-21-17(19)13-5-3-4-6-14(13)18/h3-9,17H,10,18H2,1-2H3/t17-/m0/s1. The Bertz CT molecular complexity index is 699. The van der Waals surface area contributed by atoms with Crippen LogP contribution < -0.4 is 10.6 Å². The highest BCUT2D eigenvalue weighted by atomic mass is 32.2. The molecule has 1 fully saturated rings. The number of benzene rings is 2. The monoisotopic (exact) mass is 298 g/mol. The quantitative estimate of drug-likeness (QED) is 0.861. The third kappa shape index (κ3) is 2.51. The molecular weight excluding hydrogens is 280 g/mol. The van der Waals surface area contributed by atoms with Crippen LogP contribution in [0.15, 0.2) is 42.5 Å². The minimum Gasteiger partial charge on any atom is -0.398 e. The Hall–Kier alpha value is -1.94. The molecule has 0 radical (unpaired) electrons. The summed E-state index contributed by atoms with van der Waals surface area (Å²) >= 11 is 1.63. The van der Waals surface area contributed by atoms with Crippen molar-refractivity contribution in [3.8, 4) is 0 Å². The number of carbonyl (C=O) groups is 1. The second kappa shape index (κ2) is 5.45. The minimum atomic E-state index is -0.0416. The van der Waals surface area contributed by atoms with E-state index < -0.39 is 0 Å². The van der Waals surface area contributed by atoms with Crippen molar-refractivity contribution in [2.24, 2.45) is 0 Å². The number of rotatable bonds is 2. The van der Waals surface area contributed by atoms with Crippen LogP contribution in [0.2, 0.25) is 0 Å². The molecule has 1 aliphatic heterocycles. The first-order valence-corrected chi connectivity index (χ1v) is 7.98. The lowest BCUT2D eigenvalue weighted by atomic mass is 10.1. The summed E-state index contributed by atoms with van der Waals surface area (Å²) in [4.78, 5) is 14.3. The molecule has 1 aliphatic rings. The van der Waals surface area contributed by atoms with Crippen LogP contribution in [0, 0.1) is 13.8 Å². The third-order valence-corrected chi connectivity index (χ3v) is 4.94. The van der Waals surface area contributed by atoms with Crippen LogP contribution in [-0.2, 0) is 4.79 Å². The molecule has 2 N–H and O–H groups in total. The van der Waals surface area contributed by atoms with Crippen LogP contribution in [0.3, 0.4) is 0 Å². The van der Waals surface area contributed by atoms with Crippen LogP contribution in [0.4, 0.5) is 11.4 Å². The third-order valence-electron chi connectivity index (χ3n) is 3.74. The van der Waals surface area contributed by atoms with E-state index in [-0.39, 0.29) is 11.3 Å². The van der Waals surface area contributed by atoms with E-state index in [2.05, 4.69) is 13.0 Å². The van der Waals surface area contributed by atoms with E-state index in [1.54, 1.807) is 11.8 Å². The second-order valence-corrected chi connectivity index (χ2v) is 6.41. The Morgan fingerprint density at radius 3 is 2.67 bits per heavy atom. The van der Waals surface area contributed by atoms with Gasteiger partial charge in [0.25, 0.3) is 0 Å². The van der Waals surface area contributed by atoms with E-state index in [4.69, 9.17) is 5.73 Å². The van der Waals surface area contributed by atoms with Gasteiger partial charge in [-0.2, -0.15) is 0 Å². The van der Waals surface area contributed by atoms with Crippen molar-refractivity contribution in [1.29, 1.82) is 0 Å². The van der Waals surface area contributed by atoms with Crippen LogP contribution in [0.5, 0.6) is 0 Å². The fourth-order valence-corrected chi connectivity index (χ4v) is 3.94. The maximum absolute atomic E-state index is 12.4. The van der Waals surface area contributed by atoms with Crippen molar-refractivity contribution in [2.45, 2.75) is 19.2 Å². The molecule has 1 saturated heterocycles. The lowest BCUT2D eigenvalue weighted by molar-refractivity contribution is -0.115. The summed E-state index contributed by atoms with van der Waals surface area (Å²) in [6.45, 7) is 4.11. The fourth-order valence-electron chi connectivity index (χ4n) is 2.73. The van der Waals surface area contributed by atoms with Crippen molar-refractivity contribution in [3.63, 3.8) is 0 Å². The van der Waals surface area contributed by atoms with Gasteiger partial charge in [-0.05, 0) is 31.5 Å². The Labute approximate surface area is 129 Å². The Morgan fingerprint density at radius 2 is 1.95 bits per heavy atom. The number of nitrogen functional groups attached to an aromatic ring is 1. The predicted molar refractivity (Wildman–Crippen MR) is 89.5 cm³/mol. The fraction of sp³-hybridized carbons (Fsp3) is 0.235. The van der Waals surface area contributed by atoms with Crippen LogP contribution in [-0.4, -0.2) is 11.7 Å². The number of carbonyl (C=O) groups excluding carboxylic acids is 1. The molecule has 4 heteroatoms. The first-order chi connectivity index (χ1) is 10.1. The van der Waals surface area contributed by atoms with Crippen molar-refractivity contribution < 1.29 is 4.79 Å². The van der Waals surface area contributed by atoms with Gasteiger partial charge < -0.3 is 5.73 Å². The molecule has 108 valence electrons. The van der Waals surface area contributed by atoms with E-state index in [1.807, 2.05) is 48.2 Å². The summed E-state index contributed by atoms with van der Waals surface area (Å²) in [5.74, 6) is 0.631. The van der Waals surface area contributed by atoms with Gasteiger partial charge in [-0.25, -0.2) is 0 Å². The van der Waals surface area contributed by atoms with Gasteiger partial charge in [-0.3, -0.25) is 9.69 Å². The molecule has 2 aromatic carbocycles. The van der Waals surface area contributed by atoms with E-state index in [0.717, 1.165) is 22.5 Å². The summed E-state index contributed by atoms with van der Waals surface area (Å²) in [6.07, 6.45) is 0. The van der Waals surface area contributed by atoms with E-state index in [9.17, 15) is 4.79 Å². The van der Waals surface area contributed by atoms with Gasteiger partial charge in [0.05, 0.1) is 5.75 Å². The lowest BCUT2D eigenvalue weighted by Gasteiger charge is -2.27. The maximum atomic E-state index is 12.4. The number of aryl methyl sites for hydroxylation is 2. The van der Waals surface area contributed by atoms with Gasteiger partial charge in [-0.1, -0.05) is 35.9 Å². The molecule has 3 rings (SSSR count). The molecule has 21 heavy (non-hydrogen) atoms. The number of nitrogens with zero attached hydrogens (tertiary/aromatic N) is 1. The molecule has 0 saturated carbocycles. The van der Waals surface area contributed by atoms with E-state index in [0.29, 0.717) is 5.75 Å². The van der Waals surface area contributed by atoms with Crippen LogP contribution in [0.25, 0.3) is 0 Å². The number of hydrogen-bond acceptors (Lipinski definition) is 3. The number of nitrogens with two attached hydrogens (primary N) is 1. The Balaban J connectivity index is 2.06. The van der Waals surface area contributed by atoms with Gasteiger partial charge in [0.1, 0.15) is 5.37 Å². The van der Waals surface area contributed by atoms with Crippen LogP contribution in [0.1, 0.15) is 22.1 Å². The first kappa shape index (κ1) is 14.0. The summed E-state index contributed by atoms with van der Waals surface area (Å²) < 4.78 is 0. The van der Waals surface area contributed by atoms with E-state index in [1.165, 1.54) is 5.56 Å². The number of amides is 1. The average molecular weight is 298 g/mol. The highest BCUT2D eigenvalue weighted by molar-refractivity contribution is 8.00. The van der Waals surface area contributed by atoms with Gasteiger partial charge in [0, 0.05) is 16.9 Å². The molecule has 0 unspecified atom stereocenters. The molecule has 1 heterocycles. The highest BCUT2D eigenvalue weighted by Gasteiger charge is 2.35. The molecule has 0 bridgehead atoms. The SMILES string of the molecule is Cc1ccc(N2C(=O)CS[C@H]2c2ccccc2N)c(C)c1. The van der Waals surface area contributed by atoms with Gasteiger partial charge in [0.2, 0.25) is 5.91 Å². The largest absolute Gasteiger partial charge is 0.398 e. The number of anilines is 2. The molecule has 0 aliphatic carbocycles. The summed E-state index contributed by atoms with van der Waals surface area (Å²) in [5.41, 5.74) is 11.1. The van der Waals surface area contributed by atoms with E-state index >= 15 is 0 Å². The summed E-state index contributed by atoms with van der Waals surface area (Å²) in [5, 5.41) is -0.0416. The number of thioether (sulfide) groups is 1. The zero-order valence-corrected chi connectivity index (χ0v) is 13.0. The smallest absolute Gasteiger partial charge is 0.238 e. The molecule has 3 nitrogen and oxygen atoms in total. The average Bonchev–Trinajstić information content (AvgIpc) is 2.81. The molecule has 1 amide bonds. The van der Waals surface area contributed by atoms with Crippen LogP contribution >= 0.6 is 11.8 Å². The molecule has 1 atom stereocenters. The van der Waals surface area contributed by atoms with Crippen molar-refractivity contribution >= 4 is 29.0 Å². The number of hydrogen-bond donors (Lipinski definition) is 1. The predicted octanol–water partition coefficient (Wildman–Crippen LogP) is 3.66. The van der Waals surface area contributed by atoms with Gasteiger partial charge in [-0.15, -0.1) is 11.8 Å². The van der Waals surface area contributed by atoms with Crippen molar-refractivity contribution in [1.82, 2.24) is 0 Å². The Morgan fingerprint density at radius 1 is 1.19 bits per heavy atom. The zero-order valence-electron chi connectivity index (χ0n) is 12.2. The number of para-hydroxylation sites is 1. The first-order valence-electron chi connectivity index (χ1n) is 6.93. The second-order valence-electron chi connectivity index (χ2n) is 5.35. The highest BCUT2D eigenvalue weighted by Crippen LogP contribution is 2.44. The molecule has 2 aromatic rings. The minimum absolute atomic E-state index is 0.0416. The maximum Gasteiger partial charge on any atom is 0.238 e. The zero-order chi connectivity index (χ0) is 15.0. The molecule has 0 aromatic heterocycles. The van der Waals surface area contributed by atoms with Gasteiger partial charge in [0.15, 0.2) is 0 Å². The molecular formula is C17H18N2OS.